The summed E-state index contributed by atoms with van der Waals surface area (Å²) in [5.74, 6) is -0.721. The van der Waals surface area contributed by atoms with Gasteiger partial charge in [0.1, 0.15) is 0 Å². The van der Waals surface area contributed by atoms with E-state index in [1.165, 1.54) is 13.2 Å². The van der Waals surface area contributed by atoms with Gasteiger partial charge in [0.2, 0.25) is 0 Å². The van der Waals surface area contributed by atoms with Gasteiger partial charge in [0.05, 0.1) is 0 Å². The van der Waals surface area contributed by atoms with Gasteiger partial charge in [-0.2, -0.15) is 0 Å². The number of hydrogen-bond donors (Lipinski definition) is 0. The molecule has 96 valence electrons. The first kappa shape index (κ1) is 12.7. The predicted octanol–water partition coefficient (Wildman–Crippen LogP) is 2.55. The molecule has 2 aromatic heterocycles. The molecule has 0 aliphatic carbocycles. The van der Waals surface area contributed by atoms with Crippen molar-refractivity contribution in [3.63, 3.8) is 0 Å². The van der Waals surface area contributed by atoms with E-state index in [4.69, 9.17) is 4.42 Å². The van der Waals surface area contributed by atoms with Gasteiger partial charge in [-0.1, -0.05) is 0 Å². The molecule has 6 heteroatoms. The van der Waals surface area contributed by atoms with E-state index in [0.717, 1.165) is 14.1 Å². The molecule has 3 rings (SSSR count). The number of methoxy groups -OCH3 is 1. The Labute approximate surface area is 121 Å². The summed E-state index contributed by atoms with van der Waals surface area (Å²) >= 11 is 3.56. The Kier molecular flexibility index (Phi) is 3.09. The Hall–Kier alpha value is -1.36. The first-order valence-corrected chi connectivity index (χ1v) is 7.97. The van der Waals surface area contributed by atoms with Crippen molar-refractivity contribution in [3.8, 4) is 0 Å². The van der Waals surface area contributed by atoms with Crippen LogP contribution < -0.4 is 5.43 Å². The fourth-order valence-electron chi connectivity index (χ4n) is 1.91. The van der Waals surface area contributed by atoms with Crippen molar-refractivity contribution in [2.75, 3.05) is 7.11 Å². The van der Waals surface area contributed by atoms with Gasteiger partial charge in [0, 0.05) is 0 Å². The van der Waals surface area contributed by atoms with Crippen molar-refractivity contribution < 1.29 is 13.9 Å². The van der Waals surface area contributed by atoms with E-state index in [9.17, 15) is 9.59 Å². The number of hydrogen-bond acceptors (Lipinski definition) is 4. The topological polar surface area (TPSA) is 56.5 Å². The molecule has 19 heavy (non-hydrogen) atoms. The van der Waals surface area contributed by atoms with Crippen LogP contribution in [0.5, 0.6) is 0 Å². The molecule has 1 aromatic carbocycles. The number of benzene rings is 1. The van der Waals surface area contributed by atoms with E-state index < -0.39 is 5.97 Å². The van der Waals surface area contributed by atoms with Crippen LogP contribution >= 0.6 is 15.9 Å². The normalized spacial score (nSPS) is 11.1. The standard InChI is InChI=1S/C13H7BrO4Se/c1-17-13(16)10-4-8(15)11-9(18-10)3-2-6-7(14)5-19-12(6)11/h2-5H,1H3. The number of halogens is 1. The Bertz CT molecular complexity index is 862. The summed E-state index contributed by atoms with van der Waals surface area (Å²) in [6.07, 6.45) is 0. The number of ether oxygens (including phenoxy) is 1. The second-order valence-corrected chi connectivity index (χ2v) is 6.57. The Balaban J connectivity index is 2.43. The van der Waals surface area contributed by atoms with Crippen LogP contribution in [0.4, 0.5) is 0 Å². The van der Waals surface area contributed by atoms with Crippen LogP contribution in [0.3, 0.4) is 0 Å². The van der Waals surface area contributed by atoms with Crippen molar-refractivity contribution in [1.82, 2.24) is 0 Å². The molecular weight excluding hydrogens is 379 g/mol. The van der Waals surface area contributed by atoms with E-state index in [2.05, 4.69) is 25.6 Å². The molecule has 0 unspecified atom stereocenters. The number of carbonyl (C=O) groups is 1. The average Bonchev–Trinajstić information content (AvgIpc) is 2.79. The zero-order chi connectivity index (χ0) is 13.6. The summed E-state index contributed by atoms with van der Waals surface area (Å²) in [6, 6.07) is 4.78. The quantitative estimate of drug-likeness (QED) is 0.477. The van der Waals surface area contributed by atoms with Gasteiger partial charge in [-0.15, -0.1) is 0 Å². The van der Waals surface area contributed by atoms with E-state index in [1.54, 1.807) is 6.07 Å². The van der Waals surface area contributed by atoms with Crippen LogP contribution in [0.15, 0.2) is 36.8 Å². The number of esters is 1. The minimum absolute atomic E-state index is 0.0718. The van der Waals surface area contributed by atoms with Gasteiger partial charge in [-0.05, 0) is 0 Å². The molecule has 0 atom stereocenters. The molecule has 0 saturated carbocycles. The van der Waals surface area contributed by atoms with Crippen LogP contribution in [-0.2, 0) is 4.74 Å². The zero-order valence-corrected chi connectivity index (χ0v) is 13.0. The molecule has 0 aliphatic heterocycles. The van der Waals surface area contributed by atoms with E-state index >= 15 is 0 Å². The van der Waals surface area contributed by atoms with Crippen molar-refractivity contribution in [2.24, 2.45) is 0 Å². The monoisotopic (exact) mass is 386 g/mol. The first-order chi connectivity index (χ1) is 9.11. The summed E-state index contributed by atoms with van der Waals surface area (Å²) in [5, 5.41) is 1.57. The van der Waals surface area contributed by atoms with Crippen LogP contribution in [0, 0.1) is 0 Å². The van der Waals surface area contributed by atoms with E-state index in [0.29, 0.717) is 11.0 Å². The van der Waals surface area contributed by atoms with Gasteiger partial charge < -0.3 is 0 Å². The van der Waals surface area contributed by atoms with Gasteiger partial charge in [-0.3, -0.25) is 0 Å². The minimum atomic E-state index is -0.649. The summed E-state index contributed by atoms with van der Waals surface area (Å²) in [7, 11) is 1.25. The van der Waals surface area contributed by atoms with Crippen LogP contribution in [-0.4, -0.2) is 27.6 Å². The fourth-order valence-corrected chi connectivity index (χ4v) is 5.06. The van der Waals surface area contributed by atoms with Gasteiger partial charge in [0.15, 0.2) is 0 Å². The number of fused-ring (bicyclic) bond motifs is 3. The SMILES string of the molecule is COC(=O)c1cc(=O)c2c(ccc3c(Br)c[se]c32)o1. The zero-order valence-electron chi connectivity index (χ0n) is 9.73. The van der Waals surface area contributed by atoms with Crippen LogP contribution in [0.2, 0.25) is 0 Å². The summed E-state index contributed by atoms with van der Waals surface area (Å²) in [5.41, 5.74) is 0.208. The van der Waals surface area contributed by atoms with Crippen LogP contribution in [0.1, 0.15) is 10.6 Å². The third-order valence-electron chi connectivity index (χ3n) is 2.77. The second-order valence-electron chi connectivity index (χ2n) is 3.87. The molecule has 3 aromatic rings. The van der Waals surface area contributed by atoms with Gasteiger partial charge in [0.25, 0.3) is 0 Å². The van der Waals surface area contributed by atoms with Crippen molar-refractivity contribution >= 4 is 57.0 Å². The number of rotatable bonds is 1. The maximum atomic E-state index is 12.2. The summed E-state index contributed by atoms with van der Waals surface area (Å²) in [4.78, 5) is 25.7. The molecule has 0 amide bonds. The maximum absolute atomic E-state index is 12.2. The fraction of sp³-hybridized carbons (Fsp3) is 0.0769. The molecule has 0 spiro atoms. The second kappa shape index (κ2) is 4.63. The molecule has 0 aliphatic rings. The average molecular weight is 386 g/mol. The van der Waals surface area contributed by atoms with Gasteiger partial charge in [-0.25, -0.2) is 0 Å². The third-order valence-corrected chi connectivity index (χ3v) is 6.24. The first-order valence-electron chi connectivity index (χ1n) is 5.33. The van der Waals surface area contributed by atoms with Gasteiger partial charge >= 0.3 is 122 Å². The Morgan fingerprint density at radius 2 is 2.21 bits per heavy atom. The van der Waals surface area contributed by atoms with E-state index in [-0.39, 0.29) is 25.7 Å². The molecular formula is C13H7BrO4Se. The third kappa shape index (κ3) is 1.96. The van der Waals surface area contributed by atoms with Crippen LogP contribution in [0.25, 0.3) is 20.6 Å². The van der Waals surface area contributed by atoms with Crippen molar-refractivity contribution in [1.29, 1.82) is 0 Å². The molecule has 4 nitrogen and oxygen atoms in total. The van der Waals surface area contributed by atoms with Crippen molar-refractivity contribution in [3.05, 3.63) is 43.6 Å². The molecule has 2 heterocycles. The number of carbonyl (C=O) groups excluding carboxylic acids is 1. The molecule has 0 fully saturated rings. The molecule has 0 bridgehead atoms. The Morgan fingerprint density at radius 1 is 1.42 bits per heavy atom. The summed E-state index contributed by atoms with van der Waals surface area (Å²) in [6.45, 7) is 0. The molecule has 0 saturated heterocycles. The van der Waals surface area contributed by atoms with E-state index in [1.807, 2.05) is 6.07 Å². The van der Waals surface area contributed by atoms with Crippen molar-refractivity contribution in [2.45, 2.75) is 0 Å². The predicted molar refractivity (Wildman–Crippen MR) is 76.0 cm³/mol. The summed E-state index contributed by atoms with van der Waals surface area (Å²) < 4.78 is 12.0. The Morgan fingerprint density at radius 3 is 2.95 bits per heavy atom. The molecule has 0 N–H and O–H groups in total. The molecule has 0 radical (unpaired) electrons.